The van der Waals surface area contributed by atoms with Crippen molar-refractivity contribution in [1.29, 1.82) is 0 Å². The summed E-state index contributed by atoms with van der Waals surface area (Å²) in [5, 5.41) is 0. The van der Waals surface area contributed by atoms with E-state index < -0.39 is 0 Å². The molecule has 0 aliphatic carbocycles. The molecule has 1 aliphatic rings. The molecule has 5 heteroatoms. The molecule has 0 aromatic carbocycles. The van der Waals surface area contributed by atoms with Crippen molar-refractivity contribution in [1.82, 2.24) is 0 Å². The summed E-state index contributed by atoms with van der Waals surface area (Å²) in [6.07, 6.45) is 8.20. The number of rotatable bonds is 8. The molecule has 1 heterocycles. The Bertz CT molecular complexity index is 299. The van der Waals surface area contributed by atoms with Crippen LogP contribution in [0.25, 0.3) is 0 Å². The Balaban J connectivity index is 2.76. The van der Waals surface area contributed by atoms with Crippen molar-refractivity contribution < 1.29 is 14.2 Å². The normalized spacial score (nSPS) is 23.9. The van der Waals surface area contributed by atoms with Gasteiger partial charge in [-0.15, -0.1) is 0 Å². The number of ether oxygens (including phenoxy) is 3. The zero-order valence-corrected chi connectivity index (χ0v) is 15.8. The Kier molecular flexibility index (Phi) is 8.91. The van der Waals surface area contributed by atoms with Gasteiger partial charge in [0.05, 0.1) is 8.99 Å². The fourth-order valence-corrected chi connectivity index (χ4v) is 2.82. The highest BCUT2D eigenvalue weighted by atomic mass is 79.9. The van der Waals surface area contributed by atoms with Crippen molar-refractivity contribution in [3.05, 3.63) is 9.47 Å². The molecule has 0 spiro atoms. The maximum atomic E-state index is 6.17. The van der Waals surface area contributed by atoms with Gasteiger partial charge in [0.1, 0.15) is 6.10 Å². The molecular formula is C15H26Br2O3. The van der Waals surface area contributed by atoms with Crippen molar-refractivity contribution in [3.8, 4) is 0 Å². The summed E-state index contributed by atoms with van der Waals surface area (Å²) in [7, 11) is 1.75. The van der Waals surface area contributed by atoms with E-state index in [0.29, 0.717) is 0 Å². The molecule has 0 aromatic heterocycles. The second-order valence-electron chi connectivity index (χ2n) is 5.43. The molecule has 1 unspecified atom stereocenters. The first-order chi connectivity index (χ1) is 9.51. The molecule has 0 amide bonds. The van der Waals surface area contributed by atoms with Crippen LogP contribution in [0.4, 0.5) is 0 Å². The summed E-state index contributed by atoms with van der Waals surface area (Å²) >= 11 is 6.86. The van der Waals surface area contributed by atoms with Crippen molar-refractivity contribution in [2.75, 3.05) is 13.7 Å². The van der Waals surface area contributed by atoms with E-state index in [1.807, 2.05) is 6.08 Å². The summed E-state index contributed by atoms with van der Waals surface area (Å²) in [4.78, 5) is 0. The van der Waals surface area contributed by atoms with Crippen LogP contribution < -0.4 is 0 Å². The highest BCUT2D eigenvalue weighted by molar-refractivity contribution is 9.28. The minimum atomic E-state index is -0.344. The largest absolute Gasteiger partial charge is 0.375 e. The number of hydrogen-bond acceptors (Lipinski definition) is 3. The Morgan fingerprint density at radius 1 is 1.45 bits per heavy atom. The van der Waals surface area contributed by atoms with Crippen molar-refractivity contribution in [2.24, 2.45) is 0 Å². The number of hydrogen-bond donors (Lipinski definition) is 0. The quantitative estimate of drug-likeness (QED) is 0.552. The van der Waals surface area contributed by atoms with Crippen LogP contribution in [0.2, 0.25) is 0 Å². The monoisotopic (exact) mass is 412 g/mol. The number of unbranched alkanes of at least 4 members (excludes halogenated alkanes) is 1. The molecule has 0 bridgehead atoms. The smallest absolute Gasteiger partial charge is 0.158 e. The van der Waals surface area contributed by atoms with Gasteiger partial charge in [-0.1, -0.05) is 19.8 Å². The summed E-state index contributed by atoms with van der Waals surface area (Å²) in [5.74, 6) is 0. The third-order valence-electron chi connectivity index (χ3n) is 3.81. The van der Waals surface area contributed by atoms with E-state index in [4.69, 9.17) is 14.2 Å². The van der Waals surface area contributed by atoms with Crippen molar-refractivity contribution >= 4 is 31.9 Å². The van der Waals surface area contributed by atoms with Gasteiger partial charge in [0.15, 0.2) is 6.29 Å². The first-order valence-electron chi connectivity index (χ1n) is 7.37. The van der Waals surface area contributed by atoms with Gasteiger partial charge >= 0.3 is 0 Å². The molecular weight excluding hydrogens is 388 g/mol. The maximum Gasteiger partial charge on any atom is 0.158 e. The molecule has 3 nitrogen and oxygen atoms in total. The highest BCUT2D eigenvalue weighted by Gasteiger charge is 2.35. The lowest BCUT2D eigenvalue weighted by Crippen LogP contribution is -2.44. The molecule has 1 fully saturated rings. The lowest BCUT2D eigenvalue weighted by Gasteiger charge is -2.37. The Hall–Kier alpha value is 0.580. The van der Waals surface area contributed by atoms with Gasteiger partial charge in [-0.05, 0) is 70.5 Å². The van der Waals surface area contributed by atoms with E-state index in [9.17, 15) is 0 Å². The molecule has 118 valence electrons. The van der Waals surface area contributed by atoms with Crippen molar-refractivity contribution in [3.63, 3.8) is 0 Å². The molecule has 3 atom stereocenters. The van der Waals surface area contributed by atoms with Crippen LogP contribution in [0, 0.1) is 0 Å². The topological polar surface area (TPSA) is 27.7 Å². The minimum absolute atomic E-state index is 0.125. The van der Waals surface area contributed by atoms with Gasteiger partial charge in [0.25, 0.3) is 0 Å². The molecule has 20 heavy (non-hydrogen) atoms. The lowest BCUT2D eigenvalue weighted by molar-refractivity contribution is -0.218. The molecule has 0 radical (unpaired) electrons. The average molecular weight is 414 g/mol. The van der Waals surface area contributed by atoms with E-state index >= 15 is 0 Å². The molecule has 0 saturated carbocycles. The predicted octanol–water partition coefficient (Wildman–Crippen LogP) is 5.12. The predicted molar refractivity (Wildman–Crippen MR) is 89.3 cm³/mol. The summed E-state index contributed by atoms with van der Waals surface area (Å²) in [5.41, 5.74) is -0.344. The Labute approximate surface area is 139 Å². The van der Waals surface area contributed by atoms with E-state index in [1.165, 1.54) is 0 Å². The SMILES string of the molecule is CCCC[C@@](C)(OC)[C@@H](C=C(Br)Br)OC1CCCCO1. The maximum absolute atomic E-state index is 6.17. The van der Waals surface area contributed by atoms with E-state index in [-0.39, 0.29) is 18.0 Å². The Morgan fingerprint density at radius 3 is 2.70 bits per heavy atom. The van der Waals surface area contributed by atoms with Gasteiger partial charge in [-0.2, -0.15) is 0 Å². The van der Waals surface area contributed by atoms with Crippen LogP contribution >= 0.6 is 31.9 Å². The molecule has 1 saturated heterocycles. The van der Waals surface area contributed by atoms with Crippen molar-refractivity contribution in [2.45, 2.75) is 70.4 Å². The van der Waals surface area contributed by atoms with Gasteiger partial charge in [-0.3, -0.25) is 0 Å². The van der Waals surface area contributed by atoms with Crippen LogP contribution in [-0.4, -0.2) is 31.7 Å². The van der Waals surface area contributed by atoms with Crippen LogP contribution in [0.5, 0.6) is 0 Å². The van der Waals surface area contributed by atoms with Crippen LogP contribution in [0.1, 0.15) is 52.4 Å². The Morgan fingerprint density at radius 2 is 2.20 bits per heavy atom. The first-order valence-corrected chi connectivity index (χ1v) is 8.95. The second-order valence-corrected chi connectivity index (χ2v) is 8.20. The van der Waals surface area contributed by atoms with Gasteiger partial charge in [0, 0.05) is 13.7 Å². The van der Waals surface area contributed by atoms with E-state index in [2.05, 4.69) is 45.7 Å². The van der Waals surface area contributed by atoms with Gasteiger partial charge < -0.3 is 14.2 Å². The highest BCUT2D eigenvalue weighted by Crippen LogP contribution is 2.31. The van der Waals surface area contributed by atoms with Gasteiger partial charge in [0.2, 0.25) is 0 Å². The fraction of sp³-hybridized carbons (Fsp3) is 0.867. The molecule has 1 rings (SSSR count). The van der Waals surface area contributed by atoms with Crippen LogP contribution in [-0.2, 0) is 14.2 Å². The zero-order chi connectivity index (χ0) is 15.0. The molecule has 1 aliphatic heterocycles. The van der Waals surface area contributed by atoms with Gasteiger partial charge in [-0.25, -0.2) is 0 Å². The zero-order valence-electron chi connectivity index (χ0n) is 12.7. The van der Waals surface area contributed by atoms with E-state index in [0.717, 1.165) is 48.5 Å². The molecule has 0 aromatic rings. The van der Waals surface area contributed by atoms with E-state index in [1.54, 1.807) is 7.11 Å². The summed E-state index contributed by atoms with van der Waals surface area (Å²) < 4.78 is 18.5. The average Bonchev–Trinajstić information content (AvgIpc) is 2.44. The minimum Gasteiger partial charge on any atom is -0.375 e. The number of methoxy groups -OCH3 is 1. The standard InChI is InChI=1S/C15H26Br2O3/c1-4-5-9-15(2,18-3)12(11-13(16)17)20-14-8-6-7-10-19-14/h11-12,14H,4-10H2,1-3H3/t12-,14?,15-/m1/s1. The molecule has 0 N–H and O–H groups in total. The summed E-state index contributed by atoms with van der Waals surface area (Å²) in [6.45, 7) is 5.08. The third-order valence-corrected chi connectivity index (χ3v) is 4.34. The second kappa shape index (κ2) is 9.57. The van der Waals surface area contributed by atoms with Crippen LogP contribution in [0.3, 0.4) is 0 Å². The number of halogens is 2. The first kappa shape index (κ1) is 18.6. The lowest BCUT2D eigenvalue weighted by atomic mass is 9.92. The van der Waals surface area contributed by atoms with Crippen LogP contribution in [0.15, 0.2) is 9.47 Å². The fourth-order valence-electron chi connectivity index (χ4n) is 2.34. The third kappa shape index (κ3) is 6.14. The summed E-state index contributed by atoms with van der Waals surface area (Å²) in [6, 6.07) is 0.